The van der Waals surface area contributed by atoms with Crippen LogP contribution in [-0.2, 0) is 0 Å². The van der Waals surface area contributed by atoms with Crippen molar-refractivity contribution in [3.05, 3.63) is 23.8 Å². The summed E-state index contributed by atoms with van der Waals surface area (Å²) in [7, 11) is -3.72. The van der Waals surface area contributed by atoms with E-state index in [9.17, 15) is 10.2 Å². The van der Waals surface area contributed by atoms with Gasteiger partial charge in [-0.25, -0.2) is 0 Å². The topological polar surface area (TPSA) is 40.5 Å². The maximum absolute atomic E-state index is 12.1. The maximum atomic E-state index is 12.1. The van der Waals surface area contributed by atoms with Gasteiger partial charge in [0.05, 0.1) is 28.0 Å². The molecule has 0 aromatic rings. The minimum Gasteiger partial charge on any atom is -0.392 e. The summed E-state index contributed by atoms with van der Waals surface area (Å²) in [6.07, 6.45) is 3.67. The smallest absolute Gasteiger partial charge is 0.0961 e. The highest BCUT2D eigenvalue weighted by Gasteiger charge is 2.59. The maximum Gasteiger partial charge on any atom is 0.0961 e. The molecule has 0 unspecified atom stereocenters. The van der Waals surface area contributed by atoms with Crippen molar-refractivity contribution in [3.8, 4) is 0 Å². The first-order valence-electron chi connectivity index (χ1n) is 9.65. The zero-order valence-electron chi connectivity index (χ0n) is 18.4. The van der Waals surface area contributed by atoms with E-state index in [0.717, 1.165) is 24.0 Å². The van der Waals surface area contributed by atoms with Gasteiger partial charge in [-0.05, 0) is 39.6 Å². The molecule has 1 fully saturated rings. The molecule has 1 saturated carbocycles. The van der Waals surface area contributed by atoms with Crippen molar-refractivity contribution < 1.29 is 10.2 Å². The van der Waals surface area contributed by atoms with Gasteiger partial charge in [-0.15, -0.1) is 0 Å². The fourth-order valence-electron chi connectivity index (χ4n) is 3.90. The molecule has 1 aliphatic carbocycles. The first kappa shape index (κ1) is 22.9. The van der Waals surface area contributed by atoms with E-state index < -0.39 is 21.4 Å². The van der Waals surface area contributed by atoms with E-state index in [2.05, 4.69) is 74.3 Å². The van der Waals surface area contributed by atoms with Gasteiger partial charge in [-0.1, -0.05) is 80.4 Å². The number of aliphatic hydroxyl groups excluding tert-OH is 1. The van der Waals surface area contributed by atoms with Crippen molar-refractivity contribution >= 4 is 16.1 Å². The summed E-state index contributed by atoms with van der Waals surface area (Å²) in [4.78, 5) is 0. The lowest BCUT2D eigenvalue weighted by molar-refractivity contribution is 0.127. The Labute approximate surface area is 158 Å². The van der Waals surface area contributed by atoms with Crippen molar-refractivity contribution in [2.75, 3.05) is 6.61 Å². The third-order valence-electron chi connectivity index (χ3n) is 8.10. The molecule has 0 spiro atoms. The van der Waals surface area contributed by atoms with E-state index in [1.165, 1.54) is 0 Å². The summed E-state index contributed by atoms with van der Waals surface area (Å²) < 4.78 is 0. The monoisotopic (exact) mass is 382 g/mol. The summed E-state index contributed by atoms with van der Waals surface area (Å²) in [5.74, 6) is 0. The Balaban J connectivity index is 3.53. The van der Waals surface area contributed by atoms with Gasteiger partial charge in [0.15, 0.2) is 0 Å². The van der Waals surface area contributed by atoms with Crippen molar-refractivity contribution in [1.29, 1.82) is 0 Å². The molecule has 1 aliphatic rings. The summed E-state index contributed by atoms with van der Waals surface area (Å²) in [5, 5.41) is 21.1. The van der Waals surface area contributed by atoms with Gasteiger partial charge < -0.3 is 10.2 Å². The van der Waals surface area contributed by atoms with Gasteiger partial charge in [0.2, 0.25) is 0 Å². The molecular weight excluding hydrogens is 340 g/mol. The van der Waals surface area contributed by atoms with E-state index in [0.29, 0.717) is 5.54 Å². The van der Waals surface area contributed by atoms with Crippen molar-refractivity contribution in [2.45, 2.75) is 101 Å². The van der Waals surface area contributed by atoms with Crippen molar-refractivity contribution in [3.63, 3.8) is 0 Å². The average molecular weight is 383 g/mol. The Hall–Kier alpha value is -0.166. The van der Waals surface area contributed by atoms with E-state index in [-0.39, 0.29) is 16.7 Å². The summed E-state index contributed by atoms with van der Waals surface area (Å²) in [6, 6.07) is 0. The highest BCUT2D eigenvalue weighted by molar-refractivity contribution is 6.84. The molecule has 1 rings (SSSR count). The number of hydrogen-bond donors (Lipinski definition) is 2. The highest BCUT2D eigenvalue weighted by Crippen LogP contribution is 2.58. The average Bonchev–Trinajstić information content (AvgIpc) is 2.41. The fourth-order valence-corrected chi connectivity index (χ4v) is 9.78. The largest absolute Gasteiger partial charge is 0.392 e. The lowest BCUT2D eigenvalue weighted by Crippen LogP contribution is -2.64. The van der Waals surface area contributed by atoms with Gasteiger partial charge >= 0.3 is 0 Å². The van der Waals surface area contributed by atoms with Gasteiger partial charge in [0.25, 0.3) is 0 Å². The molecule has 2 nitrogen and oxygen atoms in total. The van der Waals surface area contributed by atoms with Crippen LogP contribution < -0.4 is 0 Å². The second-order valence-electron chi connectivity index (χ2n) is 11.2. The number of aliphatic hydroxyl groups is 2. The molecule has 25 heavy (non-hydrogen) atoms. The van der Waals surface area contributed by atoms with Gasteiger partial charge in [-0.2, -0.15) is 0 Å². The normalized spacial score (nSPS) is 28.6. The molecular formula is C21H42O2Si2. The third kappa shape index (κ3) is 3.78. The predicted molar refractivity (Wildman–Crippen MR) is 117 cm³/mol. The SMILES string of the molecule is C=C1/C(=C\CO)C[C@H]([Si](C)(C)C(C)(C)C)C[C@]1(O)[Si](C)(C)C(C)(C)C. The zero-order chi connectivity index (χ0) is 20.1. The van der Waals surface area contributed by atoms with Gasteiger partial charge in [0, 0.05) is 0 Å². The van der Waals surface area contributed by atoms with Crippen LogP contribution in [0.5, 0.6) is 0 Å². The van der Waals surface area contributed by atoms with E-state index in [1.54, 1.807) is 0 Å². The molecule has 0 aliphatic heterocycles. The summed E-state index contributed by atoms with van der Waals surface area (Å²) in [5.41, 5.74) is 2.47. The first-order chi connectivity index (χ1) is 10.9. The minimum absolute atomic E-state index is 0.0200. The Morgan fingerprint density at radius 1 is 1.08 bits per heavy atom. The standard InChI is InChI=1S/C21H42O2Si2/c1-16-17(12-13-22)14-18(24(8,9)19(2,3)4)15-21(16,23)25(10,11)20(5,6)7/h12,18,22-23H,1,13-15H2,2-11H3/b17-12-/t18-,21-/m0/s1. The van der Waals surface area contributed by atoms with Crippen LogP contribution in [0, 0.1) is 0 Å². The summed E-state index contributed by atoms with van der Waals surface area (Å²) >= 11 is 0. The molecule has 2 atom stereocenters. The minimum atomic E-state index is -2.09. The third-order valence-corrected chi connectivity index (χ3v) is 20.7. The van der Waals surface area contributed by atoms with Crippen LogP contribution in [0.25, 0.3) is 0 Å². The first-order valence-corrected chi connectivity index (χ1v) is 15.7. The molecule has 0 bridgehead atoms. The molecule has 0 saturated heterocycles. The molecule has 2 N–H and O–H groups in total. The molecule has 146 valence electrons. The second-order valence-corrected chi connectivity index (χ2v) is 22.5. The van der Waals surface area contributed by atoms with Crippen LogP contribution in [0.2, 0.25) is 41.8 Å². The van der Waals surface area contributed by atoms with Crippen LogP contribution in [0.15, 0.2) is 23.8 Å². The van der Waals surface area contributed by atoms with E-state index in [1.807, 2.05) is 6.08 Å². The zero-order valence-corrected chi connectivity index (χ0v) is 20.4. The quantitative estimate of drug-likeness (QED) is 0.595. The molecule has 0 radical (unpaired) electrons. The number of rotatable bonds is 3. The highest BCUT2D eigenvalue weighted by atomic mass is 28.3. The van der Waals surface area contributed by atoms with Crippen LogP contribution in [0.3, 0.4) is 0 Å². The Bertz CT molecular complexity index is 547. The Morgan fingerprint density at radius 3 is 1.92 bits per heavy atom. The summed E-state index contributed by atoms with van der Waals surface area (Å²) in [6.45, 7) is 27.7. The molecule has 0 amide bonds. The van der Waals surface area contributed by atoms with Gasteiger partial charge in [-0.3, -0.25) is 0 Å². The van der Waals surface area contributed by atoms with Crippen molar-refractivity contribution in [1.82, 2.24) is 0 Å². The van der Waals surface area contributed by atoms with Crippen LogP contribution >= 0.6 is 0 Å². The Kier molecular flexibility index (Phi) is 6.20. The lowest BCUT2D eigenvalue weighted by Gasteiger charge is -2.57. The molecule has 0 aromatic heterocycles. The van der Waals surface area contributed by atoms with Crippen LogP contribution in [0.1, 0.15) is 54.4 Å². The molecule has 0 heterocycles. The second kappa shape index (κ2) is 6.77. The van der Waals surface area contributed by atoms with Crippen LogP contribution in [0.4, 0.5) is 0 Å². The predicted octanol–water partition coefficient (Wildman–Crippen LogP) is 5.91. The molecule has 4 heteroatoms. The number of hydrogen-bond acceptors (Lipinski definition) is 2. The van der Waals surface area contributed by atoms with Crippen molar-refractivity contribution in [2.24, 2.45) is 0 Å². The molecule has 0 aromatic carbocycles. The van der Waals surface area contributed by atoms with Gasteiger partial charge in [0.1, 0.15) is 0 Å². The fraction of sp³-hybridized carbons (Fsp3) is 0.810. The van der Waals surface area contributed by atoms with E-state index in [4.69, 9.17) is 0 Å². The lowest BCUT2D eigenvalue weighted by atomic mass is 9.86. The van der Waals surface area contributed by atoms with Crippen LogP contribution in [-0.4, -0.2) is 38.2 Å². The Morgan fingerprint density at radius 2 is 1.56 bits per heavy atom. The van der Waals surface area contributed by atoms with E-state index >= 15 is 0 Å².